The van der Waals surface area contributed by atoms with Gasteiger partial charge < -0.3 is 15.0 Å². The monoisotopic (exact) mass is 462 g/mol. The first-order valence-corrected chi connectivity index (χ1v) is 12.0. The molecule has 0 bridgehead atoms. The maximum absolute atomic E-state index is 13.1. The highest BCUT2D eigenvalue weighted by atomic mass is 32.2. The Morgan fingerprint density at radius 1 is 1.19 bits per heavy atom. The number of nitrogens with zero attached hydrogens (tertiary/aromatic N) is 1. The first-order chi connectivity index (χ1) is 15.0. The molecule has 0 spiro atoms. The van der Waals surface area contributed by atoms with Crippen molar-refractivity contribution in [2.24, 2.45) is 5.92 Å². The number of rotatable bonds is 8. The zero-order valence-electron chi connectivity index (χ0n) is 19.6. The molecule has 8 heteroatoms. The van der Waals surface area contributed by atoms with Gasteiger partial charge in [-0.15, -0.1) is 0 Å². The summed E-state index contributed by atoms with van der Waals surface area (Å²) >= 11 is 1.11. The second kappa shape index (κ2) is 11.5. The Hall–Kier alpha value is -2.35. The van der Waals surface area contributed by atoms with Crippen molar-refractivity contribution in [3.63, 3.8) is 0 Å². The Kier molecular flexibility index (Phi) is 9.31. The van der Waals surface area contributed by atoms with Crippen molar-refractivity contribution in [1.82, 2.24) is 10.2 Å². The van der Waals surface area contributed by atoms with E-state index in [4.69, 9.17) is 4.74 Å². The fourth-order valence-electron chi connectivity index (χ4n) is 3.58. The zero-order chi connectivity index (χ0) is 23.9. The maximum Gasteiger partial charge on any atom is 0.329 e. The highest BCUT2D eigenvalue weighted by Crippen LogP contribution is 2.22. The van der Waals surface area contributed by atoms with E-state index < -0.39 is 23.7 Å². The van der Waals surface area contributed by atoms with Gasteiger partial charge >= 0.3 is 5.97 Å². The van der Waals surface area contributed by atoms with E-state index >= 15 is 0 Å². The predicted molar refractivity (Wildman–Crippen MR) is 125 cm³/mol. The zero-order valence-corrected chi connectivity index (χ0v) is 20.4. The lowest BCUT2D eigenvalue weighted by Gasteiger charge is -2.29. The highest BCUT2D eigenvalue weighted by molar-refractivity contribution is 8.13. The quantitative estimate of drug-likeness (QED) is 0.597. The maximum atomic E-state index is 13.1. The van der Waals surface area contributed by atoms with Gasteiger partial charge in [0.2, 0.25) is 11.8 Å². The van der Waals surface area contributed by atoms with E-state index in [1.54, 1.807) is 32.6 Å². The third-order valence-corrected chi connectivity index (χ3v) is 6.16. The van der Waals surface area contributed by atoms with Crippen LogP contribution in [0.3, 0.4) is 0 Å². The van der Waals surface area contributed by atoms with E-state index in [9.17, 15) is 19.2 Å². The molecule has 1 heterocycles. The fraction of sp³-hybridized carbons (Fsp3) is 0.583. The molecule has 1 fully saturated rings. The van der Waals surface area contributed by atoms with Crippen LogP contribution in [0.25, 0.3) is 0 Å². The normalized spacial score (nSPS) is 18.0. The number of benzene rings is 1. The Morgan fingerprint density at radius 2 is 1.84 bits per heavy atom. The van der Waals surface area contributed by atoms with Crippen molar-refractivity contribution in [2.45, 2.75) is 71.6 Å². The predicted octanol–water partition coefficient (Wildman–Crippen LogP) is 2.96. The molecule has 1 aromatic carbocycles. The summed E-state index contributed by atoms with van der Waals surface area (Å²) < 4.78 is 5.53. The molecule has 2 rings (SSSR count). The molecule has 1 aliphatic rings. The van der Waals surface area contributed by atoms with Crippen LogP contribution < -0.4 is 5.32 Å². The van der Waals surface area contributed by atoms with E-state index in [0.717, 1.165) is 17.3 Å². The number of amides is 2. The van der Waals surface area contributed by atoms with Crippen molar-refractivity contribution in [1.29, 1.82) is 0 Å². The minimum absolute atomic E-state index is 0.0403. The van der Waals surface area contributed by atoms with Gasteiger partial charge in [-0.2, -0.15) is 0 Å². The molecule has 0 aliphatic carbocycles. The van der Waals surface area contributed by atoms with Crippen molar-refractivity contribution in [3.8, 4) is 0 Å². The van der Waals surface area contributed by atoms with Gasteiger partial charge in [0.1, 0.15) is 17.7 Å². The first kappa shape index (κ1) is 25.9. The van der Waals surface area contributed by atoms with Gasteiger partial charge in [0, 0.05) is 31.6 Å². The van der Waals surface area contributed by atoms with E-state index in [0.29, 0.717) is 31.6 Å². The summed E-state index contributed by atoms with van der Waals surface area (Å²) in [4.78, 5) is 51.7. The summed E-state index contributed by atoms with van der Waals surface area (Å²) in [6.07, 6.45) is 1.55. The first-order valence-electron chi connectivity index (χ1n) is 11.0. The number of hydrogen-bond acceptors (Lipinski definition) is 6. The number of nitrogens with one attached hydrogen (secondary N) is 1. The lowest BCUT2D eigenvalue weighted by atomic mass is 10.0. The Bertz CT molecular complexity index is 821. The van der Waals surface area contributed by atoms with Crippen molar-refractivity contribution in [2.75, 3.05) is 12.3 Å². The highest BCUT2D eigenvalue weighted by Gasteiger charge is 2.38. The van der Waals surface area contributed by atoms with Gasteiger partial charge in [-0.3, -0.25) is 14.4 Å². The molecule has 1 saturated heterocycles. The number of ether oxygens (including phenoxy) is 1. The SMILES string of the molecule is CC(=O)SCC(C)C(=O)N1CCC[C@H]1C(=O)N[C@@H](Cc1ccccc1)C(=O)OC(C)(C)C. The smallest absolute Gasteiger partial charge is 0.329 e. The Morgan fingerprint density at radius 3 is 2.44 bits per heavy atom. The van der Waals surface area contributed by atoms with E-state index in [-0.39, 0.29) is 22.8 Å². The Balaban J connectivity index is 2.11. The molecular formula is C24H34N2O5S. The van der Waals surface area contributed by atoms with Gasteiger partial charge in [-0.25, -0.2) is 4.79 Å². The van der Waals surface area contributed by atoms with E-state index in [1.165, 1.54) is 6.92 Å². The summed E-state index contributed by atoms with van der Waals surface area (Å²) in [5, 5.41) is 2.80. The standard InChI is InChI=1S/C24H34N2O5S/c1-16(15-32-17(2)27)22(29)26-13-9-12-20(26)21(28)25-19(23(30)31-24(3,4)5)14-18-10-7-6-8-11-18/h6-8,10-11,16,19-20H,9,12-15H2,1-5H3,(H,25,28)/t16?,19-,20-/m0/s1. The van der Waals surface area contributed by atoms with Crippen LogP contribution in [0.2, 0.25) is 0 Å². The minimum atomic E-state index is -0.854. The van der Waals surface area contributed by atoms with E-state index in [1.807, 2.05) is 30.3 Å². The Labute approximate surface area is 194 Å². The third kappa shape index (κ3) is 7.97. The average molecular weight is 463 g/mol. The molecule has 1 aromatic rings. The topological polar surface area (TPSA) is 92.8 Å². The molecule has 1 N–H and O–H groups in total. The fourth-order valence-corrected chi connectivity index (χ4v) is 4.21. The van der Waals surface area contributed by atoms with E-state index in [2.05, 4.69) is 5.32 Å². The molecule has 0 saturated carbocycles. The molecule has 0 aromatic heterocycles. The van der Waals surface area contributed by atoms with Crippen LogP contribution in [0, 0.1) is 5.92 Å². The molecule has 176 valence electrons. The van der Waals surface area contributed by atoms with Crippen LogP contribution in [-0.4, -0.2) is 57.8 Å². The van der Waals surface area contributed by atoms with Gasteiger partial charge in [-0.05, 0) is 39.2 Å². The van der Waals surface area contributed by atoms with Gasteiger partial charge in [-0.1, -0.05) is 49.0 Å². The van der Waals surface area contributed by atoms with Crippen molar-refractivity contribution < 1.29 is 23.9 Å². The van der Waals surface area contributed by atoms with Crippen molar-refractivity contribution in [3.05, 3.63) is 35.9 Å². The number of hydrogen-bond donors (Lipinski definition) is 1. The molecule has 0 radical (unpaired) electrons. The summed E-state index contributed by atoms with van der Waals surface area (Å²) in [6.45, 7) is 9.07. The van der Waals surface area contributed by atoms with Crippen molar-refractivity contribution >= 4 is 34.7 Å². The van der Waals surface area contributed by atoms with Crippen LogP contribution in [0.15, 0.2) is 30.3 Å². The summed E-state index contributed by atoms with van der Waals surface area (Å²) in [5.41, 5.74) is 0.216. The number of carbonyl (C=O) groups excluding carboxylic acids is 4. The summed E-state index contributed by atoms with van der Waals surface area (Å²) in [6, 6.07) is 7.94. The average Bonchev–Trinajstić information content (AvgIpc) is 3.20. The molecule has 1 aliphatic heterocycles. The molecule has 2 amide bonds. The van der Waals surface area contributed by atoms with Crippen LogP contribution in [0.4, 0.5) is 0 Å². The van der Waals surface area contributed by atoms with Gasteiger partial charge in [0.25, 0.3) is 0 Å². The molecule has 7 nitrogen and oxygen atoms in total. The van der Waals surface area contributed by atoms with Gasteiger partial charge in [0.15, 0.2) is 5.12 Å². The van der Waals surface area contributed by atoms with Crippen LogP contribution in [-0.2, 0) is 30.3 Å². The number of carbonyl (C=O) groups is 4. The van der Waals surface area contributed by atoms with Crippen LogP contribution in [0.1, 0.15) is 53.0 Å². The minimum Gasteiger partial charge on any atom is -0.458 e. The van der Waals surface area contributed by atoms with Gasteiger partial charge in [0.05, 0.1) is 0 Å². The number of esters is 1. The second-order valence-electron chi connectivity index (χ2n) is 9.18. The molecule has 32 heavy (non-hydrogen) atoms. The lowest BCUT2D eigenvalue weighted by Crippen LogP contribution is -2.53. The summed E-state index contributed by atoms with van der Waals surface area (Å²) in [7, 11) is 0. The molecule has 3 atom stereocenters. The lowest BCUT2D eigenvalue weighted by molar-refractivity contribution is -0.159. The summed E-state index contributed by atoms with van der Waals surface area (Å²) in [5.74, 6) is -0.990. The molecular weight excluding hydrogens is 428 g/mol. The third-order valence-electron chi connectivity index (χ3n) is 5.09. The number of likely N-dealkylation sites (tertiary alicyclic amines) is 1. The molecule has 1 unspecified atom stereocenters. The van der Waals surface area contributed by atoms with Crippen LogP contribution >= 0.6 is 11.8 Å². The largest absolute Gasteiger partial charge is 0.458 e. The second-order valence-corrected chi connectivity index (χ2v) is 10.4. The van der Waals surface area contributed by atoms with Crippen LogP contribution in [0.5, 0.6) is 0 Å². The number of thioether (sulfide) groups is 1.